The number of hydrogen-bond donors (Lipinski definition) is 1. The van der Waals surface area contributed by atoms with Crippen LogP contribution in [-0.4, -0.2) is 62.9 Å². The first-order valence-corrected chi connectivity index (χ1v) is 11.0. The third-order valence-corrected chi connectivity index (χ3v) is 6.70. The minimum Gasteiger partial charge on any atom is -0.444 e. The fourth-order valence-corrected chi connectivity index (χ4v) is 5.43. The van der Waals surface area contributed by atoms with Crippen molar-refractivity contribution in [2.75, 3.05) is 18.0 Å². The van der Waals surface area contributed by atoms with Crippen LogP contribution in [0.1, 0.15) is 52.9 Å². The van der Waals surface area contributed by atoms with Gasteiger partial charge in [0.15, 0.2) is 0 Å². The number of piperidine rings is 2. The van der Waals surface area contributed by atoms with E-state index >= 15 is 0 Å². The van der Waals surface area contributed by atoms with Gasteiger partial charge in [-0.15, -0.1) is 0 Å². The summed E-state index contributed by atoms with van der Waals surface area (Å²) in [6.45, 7) is 7.09. The molecule has 1 N–H and O–H groups in total. The predicted molar refractivity (Wildman–Crippen MR) is 111 cm³/mol. The highest BCUT2D eigenvalue weighted by molar-refractivity contribution is 6.30. The van der Waals surface area contributed by atoms with E-state index in [-0.39, 0.29) is 24.1 Å². The monoisotopic (exact) mass is 422 g/mol. The van der Waals surface area contributed by atoms with Crippen molar-refractivity contribution in [3.05, 3.63) is 17.4 Å². The van der Waals surface area contributed by atoms with Gasteiger partial charge in [0.2, 0.25) is 5.95 Å². The summed E-state index contributed by atoms with van der Waals surface area (Å²) in [5.41, 5.74) is -0.472. The van der Waals surface area contributed by atoms with Crippen LogP contribution in [0, 0.1) is 11.8 Å². The summed E-state index contributed by atoms with van der Waals surface area (Å²) in [5, 5.41) is 11.4. The molecule has 160 valence electrons. The number of carbonyl (C=O) groups is 1. The average Bonchev–Trinajstić information content (AvgIpc) is 2.91. The van der Waals surface area contributed by atoms with Gasteiger partial charge in [0.1, 0.15) is 5.60 Å². The topological polar surface area (TPSA) is 78.8 Å². The molecule has 1 unspecified atom stereocenters. The number of carbonyl (C=O) groups excluding carboxylic acids is 1. The summed E-state index contributed by atoms with van der Waals surface area (Å²) >= 11 is 5.88. The summed E-state index contributed by atoms with van der Waals surface area (Å²) in [6, 6.07) is 0.469. The lowest BCUT2D eigenvalue weighted by atomic mass is 9.75. The molecule has 0 spiro atoms. The zero-order valence-electron chi connectivity index (χ0n) is 17.4. The number of ether oxygens (including phenoxy) is 1. The molecule has 8 heteroatoms. The van der Waals surface area contributed by atoms with Crippen LogP contribution in [0.15, 0.2) is 12.4 Å². The Bertz CT molecular complexity index is 724. The van der Waals surface area contributed by atoms with Crippen LogP contribution in [-0.2, 0) is 4.74 Å². The molecular formula is C21H31ClN4O3. The van der Waals surface area contributed by atoms with Gasteiger partial charge < -0.3 is 19.6 Å². The van der Waals surface area contributed by atoms with Crippen LogP contribution in [0.2, 0.25) is 5.02 Å². The van der Waals surface area contributed by atoms with Crippen LogP contribution in [0.3, 0.4) is 0 Å². The molecule has 0 saturated carbocycles. The average molecular weight is 423 g/mol. The Balaban J connectivity index is 1.37. The summed E-state index contributed by atoms with van der Waals surface area (Å²) in [6.07, 6.45) is 7.47. The number of aliphatic hydroxyl groups excluding tert-OH is 1. The number of halogens is 1. The van der Waals surface area contributed by atoms with Gasteiger partial charge in [0, 0.05) is 25.2 Å². The SMILES string of the molecule is CC(C)(C)OC(=O)N1[C@@H]2CC[C@H]1CC([C@H]1CCN(c3ncc(Cl)cn3)C[C@H]1O)C2. The van der Waals surface area contributed by atoms with Gasteiger partial charge >= 0.3 is 6.09 Å². The molecule has 3 fully saturated rings. The molecule has 3 aliphatic heterocycles. The molecule has 2 bridgehead atoms. The van der Waals surface area contributed by atoms with Crippen molar-refractivity contribution in [2.45, 2.75) is 76.7 Å². The molecule has 3 saturated heterocycles. The number of aromatic nitrogens is 2. The Morgan fingerprint density at radius 3 is 2.34 bits per heavy atom. The van der Waals surface area contributed by atoms with Crippen LogP contribution in [0.4, 0.5) is 10.7 Å². The van der Waals surface area contributed by atoms with E-state index in [1.165, 1.54) is 0 Å². The summed E-state index contributed by atoms with van der Waals surface area (Å²) in [5.74, 6) is 1.31. The zero-order chi connectivity index (χ0) is 20.8. The fraction of sp³-hybridized carbons (Fsp3) is 0.762. The number of β-amino-alcohol motifs (C(OH)–C–C–N with tert-alkyl or cyclic N) is 1. The third kappa shape index (κ3) is 4.45. The van der Waals surface area contributed by atoms with Gasteiger partial charge in [-0.1, -0.05) is 11.6 Å². The molecule has 5 atom stereocenters. The highest BCUT2D eigenvalue weighted by Crippen LogP contribution is 2.44. The van der Waals surface area contributed by atoms with Crippen molar-refractivity contribution in [3.8, 4) is 0 Å². The van der Waals surface area contributed by atoms with E-state index in [0.717, 1.165) is 38.6 Å². The Morgan fingerprint density at radius 1 is 1.17 bits per heavy atom. The highest BCUT2D eigenvalue weighted by Gasteiger charge is 2.48. The van der Waals surface area contributed by atoms with Gasteiger partial charge in [-0.25, -0.2) is 14.8 Å². The smallest absolute Gasteiger partial charge is 0.410 e. The minimum atomic E-state index is -0.472. The van der Waals surface area contributed by atoms with Crippen molar-refractivity contribution in [2.24, 2.45) is 11.8 Å². The molecule has 4 rings (SSSR count). The van der Waals surface area contributed by atoms with Crippen LogP contribution < -0.4 is 4.90 Å². The van der Waals surface area contributed by atoms with E-state index in [2.05, 4.69) is 9.97 Å². The minimum absolute atomic E-state index is 0.182. The van der Waals surface area contributed by atoms with Gasteiger partial charge in [0.25, 0.3) is 0 Å². The Kier molecular flexibility index (Phi) is 5.64. The molecule has 0 aliphatic carbocycles. The zero-order valence-corrected chi connectivity index (χ0v) is 18.2. The van der Waals surface area contributed by atoms with E-state index in [1.807, 2.05) is 30.6 Å². The highest BCUT2D eigenvalue weighted by atomic mass is 35.5. The molecule has 3 aliphatic rings. The molecule has 1 aromatic rings. The van der Waals surface area contributed by atoms with E-state index < -0.39 is 11.7 Å². The Hall–Kier alpha value is -1.60. The molecule has 1 aromatic heterocycles. The second-order valence-corrected chi connectivity index (χ2v) is 10.1. The number of amides is 1. The van der Waals surface area contributed by atoms with Crippen molar-refractivity contribution < 1.29 is 14.6 Å². The molecule has 0 radical (unpaired) electrons. The number of anilines is 1. The first-order chi connectivity index (χ1) is 13.7. The van der Waals surface area contributed by atoms with Crippen molar-refractivity contribution >= 4 is 23.6 Å². The van der Waals surface area contributed by atoms with E-state index in [9.17, 15) is 9.90 Å². The lowest BCUT2D eigenvalue weighted by Gasteiger charge is -2.45. The summed E-state index contributed by atoms with van der Waals surface area (Å²) in [4.78, 5) is 25.2. The standard InChI is InChI=1S/C21H31ClN4O3/c1-21(2,3)29-20(28)26-15-4-5-16(26)9-13(8-15)17-6-7-25(12-18(17)27)19-23-10-14(22)11-24-19/h10-11,13,15-18,27H,4-9,12H2,1-3H3/t13?,15-,16+,17-,18-/m1/s1. The van der Waals surface area contributed by atoms with Crippen molar-refractivity contribution in [3.63, 3.8) is 0 Å². The molecule has 1 amide bonds. The summed E-state index contributed by atoms with van der Waals surface area (Å²) < 4.78 is 5.64. The van der Waals surface area contributed by atoms with E-state index in [0.29, 0.717) is 23.4 Å². The number of hydrogen-bond acceptors (Lipinski definition) is 6. The van der Waals surface area contributed by atoms with E-state index in [4.69, 9.17) is 16.3 Å². The van der Waals surface area contributed by atoms with Crippen LogP contribution in [0.5, 0.6) is 0 Å². The lowest BCUT2D eigenvalue weighted by Crippen LogP contribution is -2.53. The predicted octanol–water partition coefficient (Wildman–Crippen LogP) is 3.50. The molecular weight excluding hydrogens is 392 g/mol. The van der Waals surface area contributed by atoms with Crippen LogP contribution in [0.25, 0.3) is 0 Å². The van der Waals surface area contributed by atoms with Gasteiger partial charge in [0.05, 0.1) is 23.5 Å². The molecule has 0 aromatic carbocycles. The molecule has 29 heavy (non-hydrogen) atoms. The normalized spacial score (nSPS) is 32.4. The van der Waals surface area contributed by atoms with E-state index in [1.54, 1.807) is 12.4 Å². The van der Waals surface area contributed by atoms with Gasteiger partial charge in [-0.3, -0.25) is 0 Å². The number of rotatable bonds is 2. The second-order valence-electron chi connectivity index (χ2n) is 9.67. The fourth-order valence-electron chi connectivity index (χ4n) is 5.33. The molecule has 4 heterocycles. The summed E-state index contributed by atoms with van der Waals surface area (Å²) in [7, 11) is 0. The maximum absolute atomic E-state index is 12.7. The van der Waals surface area contributed by atoms with Crippen LogP contribution >= 0.6 is 11.6 Å². The second kappa shape index (κ2) is 7.91. The largest absolute Gasteiger partial charge is 0.444 e. The first-order valence-electron chi connectivity index (χ1n) is 10.6. The van der Waals surface area contributed by atoms with Crippen molar-refractivity contribution in [1.29, 1.82) is 0 Å². The Labute approximate surface area is 177 Å². The number of aliphatic hydroxyl groups is 1. The first kappa shape index (κ1) is 20.7. The molecule has 7 nitrogen and oxygen atoms in total. The van der Waals surface area contributed by atoms with Gasteiger partial charge in [-0.05, 0) is 64.7 Å². The van der Waals surface area contributed by atoms with Gasteiger partial charge in [-0.2, -0.15) is 0 Å². The van der Waals surface area contributed by atoms with Crippen molar-refractivity contribution in [1.82, 2.24) is 14.9 Å². The lowest BCUT2D eigenvalue weighted by molar-refractivity contribution is -0.0162. The number of nitrogens with zero attached hydrogens (tertiary/aromatic N) is 4. The third-order valence-electron chi connectivity index (χ3n) is 6.50. The maximum atomic E-state index is 12.7. The maximum Gasteiger partial charge on any atom is 0.410 e. The number of fused-ring (bicyclic) bond motifs is 2. The Morgan fingerprint density at radius 2 is 1.79 bits per heavy atom. The quantitative estimate of drug-likeness (QED) is 0.785.